The van der Waals surface area contributed by atoms with Gasteiger partial charge in [-0.1, -0.05) is 60.7 Å². The molecule has 0 aliphatic carbocycles. The number of carbonyl (C=O) groups excluding carboxylic acids is 1. The molecular weight excluding hydrogens is 477 g/mol. The van der Waals surface area contributed by atoms with Crippen LogP contribution in [0.5, 0.6) is 0 Å². The Bertz CT molecular complexity index is 1420. The number of fused-ring (bicyclic) bond motifs is 1. The molecule has 2 N–H and O–H groups in total. The second-order valence-corrected chi connectivity index (χ2v) is 8.69. The molecule has 0 bridgehead atoms. The van der Waals surface area contributed by atoms with Gasteiger partial charge in [-0.25, -0.2) is 4.98 Å². The van der Waals surface area contributed by atoms with Crippen molar-refractivity contribution in [1.82, 2.24) is 20.6 Å². The molecule has 0 amide bonds. The summed E-state index contributed by atoms with van der Waals surface area (Å²) in [6.07, 6.45) is 1.28. The van der Waals surface area contributed by atoms with Gasteiger partial charge in [0.15, 0.2) is 0 Å². The van der Waals surface area contributed by atoms with Crippen molar-refractivity contribution < 1.29 is 18.0 Å². The average molecular weight is 501 g/mol. The molecule has 4 aromatic rings. The Labute approximate surface area is 212 Å². The highest BCUT2D eigenvalue weighted by Gasteiger charge is 2.32. The molecule has 0 spiro atoms. The van der Waals surface area contributed by atoms with Gasteiger partial charge in [-0.05, 0) is 41.1 Å². The highest BCUT2D eigenvalue weighted by molar-refractivity contribution is 5.84. The molecular formula is C29H23F3N4O. The van der Waals surface area contributed by atoms with E-state index in [9.17, 15) is 18.0 Å². The van der Waals surface area contributed by atoms with Gasteiger partial charge >= 0.3 is 6.18 Å². The third-order valence-electron chi connectivity index (χ3n) is 6.16. The van der Waals surface area contributed by atoms with Crippen molar-refractivity contribution in [2.45, 2.75) is 25.3 Å². The minimum atomic E-state index is -4.44. The Morgan fingerprint density at radius 3 is 2.32 bits per heavy atom. The molecule has 2 aromatic carbocycles. The van der Waals surface area contributed by atoms with Crippen LogP contribution < -0.4 is 10.6 Å². The van der Waals surface area contributed by atoms with Gasteiger partial charge in [0, 0.05) is 36.0 Å². The lowest BCUT2D eigenvalue weighted by Crippen LogP contribution is -2.21. The van der Waals surface area contributed by atoms with Gasteiger partial charge in [0.25, 0.3) is 0 Å². The molecule has 5 rings (SSSR count). The summed E-state index contributed by atoms with van der Waals surface area (Å²) in [6.45, 7) is 0.940. The molecule has 2 aromatic heterocycles. The fourth-order valence-electron chi connectivity index (χ4n) is 4.24. The first-order chi connectivity index (χ1) is 17.9. The molecule has 3 heterocycles. The highest BCUT2D eigenvalue weighted by atomic mass is 19.4. The van der Waals surface area contributed by atoms with E-state index in [-0.39, 0.29) is 0 Å². The number of benzene rings is 2. The molecule has 0 fully saturated rings. The second-order valence-electron chi connectivity index (χ2n) is 8.69. The molecule has 1 aliphatic rings. The SMILES string of the molecule is O=CC1NC=Cc2nc(-c3ccc(CNCc4ccc(C(F)(F)F)nc4)cc3)c(-c3ccccc3)cc21. The van der Waals surface area contributed by atoms with E-state index < -0.39 is 17.9 Å². The van der Waals surface area contributed by atoms with Crippen LogP contribution in [0, 0.1) is 0 Å². The largest absolute Gasteiger partial charge is 0.433 e. The number of aromatic nitrogens is 2. The standard InChI is InChI=1S/C29H23F3N4O/c30-29(31,32)27-11-8-20(17-35-27)16-33-15-19-6-9-22(10-7-19)28-23(21-4-2-1-3-5-21)14-24-25(36-28)12-13-34-26(24)18-37/h1-14,17-18,26,33-34H,15-16H2. The third kappa shape index (κ3) is 5.44. The topological polar surface area (TPSA) is 66.9 Å². The predicted octanol–water partition coefficient (Wildman–Crippen LogP) is 5.93. The van der Waals surface area contributed by atoms with Gasteiger partial charge in [0.2, 0.25) is 0 Å². The van der Waals surface area contributed by atoms with E-state index in [1.165, 1.54) is 12.3 Å². The van der Waals surface area contributed by atoms with E-state index in [2.05, 4.69) is 15.6 Å². The first kappa shape index (κ1) is 24.4. The van der Waals surface area contributed by atoms with Crippen LogP contribution in [-0.4, -0.2) is 16.3 Å². The Hall–Kier alpha value is -4.30. The molecule has 186 valence electrons. The lowest BCUT2D eigenvalue weighted by atomic mass is 9.93. The molecule has 0 saturated carbocycles. The zero-order valence-electron chi connectivity index (χ0n) is 19.7. The van der Waals surface area contributed by atoms with E-state index in [4.69, 9.17) is 4.98 Å². The van der Waals surface area contributed by atoms with E-state index in [1.54, 1.807) is 6.20 Å². The van der Waals surface area contributed by atoms with E-state index in [1.807, 2.05) is 66.7 Å². The van der Waals surface area contributed by atoms with Gasteiger partial charge in [0.1, 0.15) is 18.0 Å². The van der Waals surface area contributed by atoms with Crippen LogP contribution in [0.15, 0.2) is 85.2 Å². The summed E-state index contributed by atoms with van der Waals surface area (Å²) in [6, 6.07) is 21.9. The number of carbonyl (C=O) groups is 1. The van der Waals surface area contributed by atoms with Crippen LogP contribution in [0.25, 0.3) is 28.5 Å². The van der Waals surface area contributed by atoms with Crippen molar-refractivity contribution in [2.75, 3.05) is 0 Å². The third-order valence-corrected chi connectivity index (χ3v) is 6.16. The average Bonchev–Trinajstić information content (AvgIpc) is 2.92. The van der Waals surface area contributed by atoms with Crippen LogP contribution >= 0.6 is 0 Å². The minimum Gasteiger partial charge on any atom is -0.378 e. The first-order valence-electron chi connectivity index (χ1n) is 11.7. The van der Waals surface area contributed by atoms with Crippen molar-refractivity contribution in [3.05, 3.63) is 113 Å². The molecule has 5 nitrogen and oxygen atoms in total. The minimum absolute atomic E-state index is 0.399. The number of rotatable bonds is 7. The zero-order chi connectivity index (χ0) is 25.8. The summed E-state index contributed by atoms with van der Waals surface area (Å²) in [5, 5.41) is 6.30. The molecule has 8 heteroatoms. The number of halogens is 3. The van der Waals surface area contributed by atoms with Crippen molar-refractivity contribution in [2.24, 2.45) is 0 Å². The quantitative estimate of drug-likeness (QED) is 0.308. The van der Waals surface area contributed by atoms with Gasteiger partial charge in [-0.2, -0.15) is 13.2 Å². The maximum Gasteiger partial charge on any atom is 0.433 e. The van der Waals surface area contributed by atoms with Crippen molar-refractivity contribution in [3.8, 4) is 22.4 Å². The predicted molar refractivity (Wildman–Crippen MR) is 136 cm³/mol. The summed E-state index contributed by atoms with van der Waals surface area (Å²) in [5.74, 6) is 0. The van der Waals surface area contributed by atoms with Gasteiger partial charge in [0.05, 0.1) is 11.4 Å². The van der Waals surface area contributed by atoms with Crippen molar-refractivity contribution >= 4 is 12.4 Å². The van der Waals surface area contributed by atoms with Crippen LogP contribution in [0.4, 0.5) is 13.2 Å². The Morgan fingerprint density at radius 1 is 0.919 bits per heavy atom. The molecule has 0 saturated heterocycles. The smallest absolute Gasteiger partial charge is 0.378 e. The van der Waals surface area contributed by atoms with Crippen LogP contribution in [0.2, 0.25) is 0 Å². The fourth-order valence-corrected chi connectivity index (χ4v) is 4.24. The van der Waals surface area contributed by atoms with Gasteiger partial charge in [-0.3, -0.25) is 4.98 Å². The Kier molecular flexibility index (Phi) is 6.83. The summed E-state index contributed by atoms with van der Waals surface area (Å²) in [7, 11) is 0. The number of hydrogen-bond acceptors (Lipinski definition) is 5. The van der Waals surface area contributed by atoms with Crippen LogP contribution in [0.1, 0.15) is 34.1 Å². The normalized spacial score (nSPS) is 14.6. The summed E-state index contributed by atoms with van der Waals surface area (Å²) in [5.41, 5.74) is 6.07. The number of nitrogens with zero attached hydrogens (tertiary/aromatic N) is 2. The fraction of sp³-hybridized carbons (Fsp3) is 0.138. The van der Waals surface area contributed by atoms with Crippen LogP contribution in [-0.2, 0) is 24.1 Å². The monoisotopic (exact) mass is 500 g/mol. The van der Waals surface area contributed by atoms with Crippen molar-refractivity contribution in [1.29, 1.82) is 0 Å². The van der Waals surface area contributed by atoms with E-state index >= 15 is 0 Å². The van der Waals surface area contributed by atoms with Gasteiger partial charge in [-0.15, -0.1) is 0 Å². The number of hydrogen-bond donors (Lipinski definition) is 2. The molecule has 1 atom stereocenters. The lowest BCUT2D eigenvalue weighted by Gasteiger charge is -2.21. The Balaban J connectivity index is 1.35. The molecule has 1 unspecified atom stereocenters. The highest BCUT2D eigenvalue weighted by Crippen LogP contribution is 2.35. The van der Waals surface area contributed by atoms with Gasteiger partial charge < -0.3 is 15.4 Å². The van der Waals surface area contributed by atoms with E-state index in [0.717, 1.165) is 51.6 Å². The maximum absolute atomic E-state index is 12.7. The van der Waals surface area contributed by atoms with Crippen LogP contribution in [0.3, 0.4) is 0 Å². The lowest BCUT2D eigenvalue weighted by molar-refractivity contribution is -0.141. The van der Waals surface area contributed by atoms with E-state index in [0.29, 0.717) is 18.7 Å². The zero-order valence-corrected chi connectivity index (χ0v) is 19.7. The number of pyridine rings is 2. The number of aldehydes is 1. The Morgan fingerprint density at radius 2 is 1.65 bits per heavy atom. The summed E-state index contributed by atoms with van der Waals surface area (Å²) in [4.78, 5) is 20.0. The second kappa shape index (κ2) is 10.4. The molecule has 1 aliphatic heterocycles. The van der Waals surface area contributed by atoms with Crippen molar-refractivity contribution in [3.63, 3.8) is 0 Å². The summed E-state index contributed by atoms with van der Waals surface area (Å²) < 4.78 is 38.1. The molecule has 37 heavy (non-hydrogen) atoms. The maximum atomic E-state index is 12.7. The number of nitrogens with one attached hydrogen (secondary N) is 2. The number of alkyl halides is 3. The summed E-state index contributed by atoms with van der Waals surface area (Å²) >= 11 is 0. The molecule has 0 radical (unpaired) electrons. The first-order valence-corrected chi connectivity index (χ1v) is 11.7.